The molecule has 2 nitrogen and oxygen atoms in total. The first-order chi connectivity index (χ1) is 3.39. The van der Waals surface area contributed by atoms with E-state index in [1.54, 1.807) is 12.3 Å². The van der Waals surface area contributed by atoms with Gasteiger partial charge in [0.25, 0.3) is 0 Å². The van der Waals surface area contributed by atoms with Crippen molar-refractivity contribution in [2.45, 2.75) is 0 Å². The van der Waals surface area contributed by atoms with E-state index in [-0.39, 0.29) is 66.7 Å². The van der Waals surface area contributed by atoms with Crippen LogP contribution >= 0.6 is 15.9 Å². The molecule has 0 aromatic carbocycles. The number of hydrogen-bond donors (Lipinski definition) is 0. The monoisotopic (exact) mass is 258 g/mol. The van der Waals surface area contributed by atoms with Crippen LogP contribution in [-0.2, 0) is 0 Å². The van der Waals surface area contributed by atoms with E-state index in [4.69, 9.17) is 0 Å². The summed E-state index contributed by atoms with van der Waals surface area (Å²) in [7, 11) is 0. The van der Waals surface area contributed by atoms with Crippen molar-refractivity contribution in [2.75, 3.05) is 0 Å². The third kappa shape index (κ3) is 11.5. The van der Waals surface area contributed by atoms with Gasteiger partial charge in [-0.25, -0.2) is 0 Å². The Balaban J connectivity index is -0.0000000612. The van der Waals surface area contributed by atoms with Crippen molar-refractivity contribution < 1.29 is 43.7 Å². The zero-order chi connectivity index (χ0) is 5.11. The quantitative estimate of drug-likeness (QED) is 0.263. The molecule has 11 heavy (non-hydrogen) atoms. The summed E-state index contributed by atoms with van der Waals surface area (Å²) in [4.78, 5) is 7.41. The molecule has 0 N–H and O–H groups in total. The van der Waals surface area contributed by atoms with Crippen LogP contribution in [0.4, 0.5) is 0 Å². The maximum absolute atomic E-state index is 3.75. The molecular formula is C4H2BrCl2LiMgN2. The van der Waals surface area contributed by atoms with Gasteiger partial charge in [0, 0.05) is 0 Å². The Morgan fingerprint density at radius 1 is 1.36 bits per heavy atom. The number of aromatic nitrogens is 2. The van der Waals surface area contributed by atoms with Crippen molar-refractivity contribution in [1.29, 1.82) is 0 Å². The van der Waals surface area contributed by atoms with Crippen LogP contribution in [0.5, 0.6) is 0 Å². The molecule has 0 atom stereocenters. The number of nitrogens with zero attached hydrogens (tertiary/aromatic N) is 2. The standard InChI is InChI=1S/C4H2BrN2.2ClH.Li.Mg/c5-4-6-2-1-3-7-4;;;;/h1-2H;2*1H;;/q-1;;;+1;+2/p-2. The van der Waals surface area contributed by atoms with Gasteiger partial charge in [-0.2, -0.15) is 0 Å². The van der Waals surface area contributed by atoms with Crippen molar-refractivity contribution in [3.63, 3.8) is 0 Å². The van der Waals surface area contributed by atoms with Crippen LogP contribution in [0.1, 0.15) is 0 Å². The first-order valence-corrected chi connectivity index (χ1v) is 2.53. The molecule has 0 aliphatic rings. The summed E-state index contributed by atoms with van der Waals surface area (Å²) in [6.07, 6.45) is 4.22. The molecule has 0 saturated heterocycles. The van der Waals surface area contributed by atoms with Crippen molar-refractivity contribution >= 4 is 39.0 Å². The summed E-state index contributed by atoms with van der Waals surface area (Å²) < 4.78 is 0.579. The molecule has 52 valence electrons. The van der Waals surface area contributed by atoms with Crippen LogP contribution < -0.4 is 43.7 Å². The Morgan fingerprint density at radius 3 is 2.09 bits per heavy atom. The summed E-state index contributed by atoms with van der Waals surface area (Å²) in [5.41, 5.74) is 0. The summed E-state index contributed by atoms with van der Waals surface area (Å²) in [6, 6.07) is 1.64. The van der Waals surface area contributed by atoms with Gasteiger partial charge in [0.15, 0.2) is 0 Å². The average molecular weight is 260 g/mol. The molecular weight excluding hydrogens is 258 g/mol. The SMILES string of the molecule is Brc1n[c-]ccn1.[Cl-].[Cl-].[Li+].[Mg+2]. The second-order valence-corrected chi connectivity index (χ2v) is 1.66. The minimum Gasteiger partial charge on any atom is -1.00 e. The van der Waals surface area contributed by atoms with E-state index < -0.39 is 0 Å². The van der Waals surface area contributed by atoms with Gasteiger partial charge in [-0.15, -0.1) is 6.07 Å². The Morgan fingerprint density at radius 2 is 1.91 bits per heavy atom. The minimum atomic E-state index is 0. The summed E-state index contributed by atoms with van der Waals surface area (Å²) in [6.45, 7) is 0. The molecule has 0 amide bonds. The van der Waals surface area contributed by atoms with Crippen LogP contribution in [0.2, 0.25) is 0 Å². The smallest absolute Gasteiger partial charge is 1.00 e. The van der Waals surface area contributed by atoms with Crippen molar-refractivity contribution in [1.82, 2.24) is 9.97 Å². The molecule has 0 saturated carbocycles. The third-order valence-electron chi connectivity index (χ3n) is 0.487. The first kappa shape index (κ1) is 22.9. The van der Waals surface area contributed by atoms with E-state index in [0.29, 0.717) is 4.73 Å². The van der Waals surface area contributed by atoms with E-state index in [2.05, 4.69) is 32.1 Å². The van der Waals surface area contributed by atoms with E-state index >= 15 is 0 Å². The third-order valence-corrected chi connectivity index (χ3v) is 0.869. The fourth-order valence-corrected chi connectivity index (χ4v) is 0.472. The van der Waals surface area contributed by atoms with Crippen molar-refractivity contribution in [3.8, 4) is 0 Å². The van der Waals surface area contributed by atoms with Gasteiger partial charge >= 0.3 is 41.9 Å². The van der Waals surface area contributed by atoms with Gasteiger partial charge in [0.05, 0.1) is 4.73 Å². The molecule has 0 fully saturated rings. The van der Waals surface area contributed by atoms with Gasteiger partial charge < -0.3 is 34.8 Å². The zero-order valence-electron chi connectivity index (χ0n) is 5.89. The maximum Gasteiger partial charge on any atom is 2.00 e. The predicted molar refractivity (Wildman–Crippen MR) is 34.3 cm³/mol. The molecule has 1 heterocycles. The molecule has 0 unspecified atom stereocenters. The van der Waals surface area contributed by atoms with E-state index in [9.17, 15) is 0 Å². The van der Waals surface area contributed by atoms with Crippen molar-refractivity contribution in [2.24, 2.45) is 0 Å². The predicted octanol–water partition coefficient (Wildman–Crippen LogP) is -8.33. The van der Waals surface area contributed by atoms with E-state index in [0.717, 1.165) is 0 Å². The molecule has 0 radical (unpaired) electrons. The van der Waals surface area contributed by atoms with Crippen LogP contribution in [-0.4, -0.2) is 33.0 Å². The Kier molecular flexibility index (Phi) is 29.2. The summed E-state index contributed by atoms with van der Waals surface area (Å²) >= 11 is 3.06. The van der Waals surface area contributed by atoms with Gasteiger partial charge in [-0.3, -0.25) is 0 Å². The average Bonchev–Trinajstić information content (AvgIpc) is 1.69. The summed E-state index contributed by atoms with van der Waals surface area (Å²) in [5.74, 6) is 0. The van der Waals surface area contributed by atoms with Gasteiger partial charge in [-0.05, 0) is 0 Å². The van der Waals surface area contributed by atoms with Crippen molar-refractivity contribution in [3.05, 3.63) is 23.2 Å². The number of rotatable bonds is 0. The summed E-state index contributed by atoms with van der Waals surface area (Å²) in [5, 5.41) is 0. The Labute approximate surface area is 115 Å². The molecule has 0 aliphatic carbocycles. The molecule has 7 heteroatoms. The minimum absolute atomic E-state index is 0. The van der Waals surface area contributed by atoms with E-state index in [1.807, 2.05) is 0 Å². The van der Waals surface area contributed by atoms with Gasteiger partial charge in [0.1, 0.15) is 0 Å². The molecule has 0 spiro atoms. The van der Waals surface area contributed by atoms with Gasteiger partial charge in [-0.1, -0.05) is 28.3 Å². The number of hydrogen-bond acceptors (Lipinski definition) is 2. The normalized spacial score (nSPS) is 5.55. The fraction of sp³-hybridized carbons (Fsp3) is 0. The molecule has 0 bridgehead atoms. The number of halogens is 3. The second kappa shape index (κ2) is 14.1. The van der Waals surface area contributed by atoms with Crippen LogP contribution in [0.3, 0.4) is 0 Å². The molecule has 0 aliphatic heterocycles. The first-order valence-electron chi connectivity index (χ1n) is 1.74. The maximum atomic E-state index is 3.75. The molecule has 1 rings (SSSR count). The topological polar surface area (TPSA) is 25.8 Å². The van der Waals surface area contributed by atoms with Gasteiger partial charge in [0.2, 0.25) is 0 Å². The second-order valence-electron chi connectivity index (χ2n) is 0.955. The molecule has 1 aromatic rings. The largest absolute Gasteiger partial charge is 2.00 e. The van der Waals surface area contributed by atoms with Crippen LogP contribution in [0.25, 0.3) is 0 Å². The molecule has 1 aromatic heterocycles. The fourth-order valence-electron chi connectivity index (χ4n) is 0.252. The zero-order valence-corrected chi connectivity index (χ0v) is 10.4. The Hall–Kier alpha value is 1.50. The van der Waals surface area contributed by atoms with Crippen LogP contribution in [0.15, 0.2) is 17.0 Å². The Bertz CT molecular complexity index is 156. The van der Waals surface area contributed by atoms with E-state index in [1.165, 1.54) is 0 Å². The van der Waals surface area contributed by atoms with Crippen LogP contribution in [0, 0.1) is 6.20 Å².